The van der Waals surface area contributed by atoms with E-state index in [1.807, 2.05) is 49.4 Å². The molecule has 292 valence electrons. The van der Waals surface area contributed by atoms with E-state index in [1.54, 1.807) is 49.2 Å². The number of carbonyl (C=O) groups is 2. The smallest absolute Gasteiger partial charge is 0.309 e. The minimum Gasteiger partial charge on any atom is -0.466 e. The van der Waals surface area contributed by atoms with Gasteiger partial charge in [0.2, 0.25) is 0 Å². The molecule has 1 aliphatic carbocycles. The van der Waals surface area contributed by atoms with Crippen molar-refractivity contribution in [1.29, 1.82) is 0 Å². The van der Waals surface area contributed by atoms with Gasteiger partial charge in [0.15, 0.2) is 5.78 Å². The molecule has 2 fully saturated rings. The number of nitrogens with zero attached hydrogens (tertiary/aromatic N) is 5. The first-order valence-corrected chi connectivity index (χ1v) is 22.3. The molecule has 0 unspecified atom stereocenters. The lowest BCUT2D eigenvalue weighted by atomic mass is 10.2. The fraction of sp³-hybridized carbons (Fsp3) is 0.270. The molecule has 10 nitrogen and oxygen atoms in total. The molecule has 18 heteroatoms. The lowest BCUT2D eigenvalue weighted by Gasteiger charge is -2.04. The molecular weight excluding hydrogens is 1190 g/mol. The molecule has 0 radical (unpaired) electrons. The number of aromatic nitrogens is 5. The molecule has 0 bridgehead atoms. The van der Waals surface area contributed by atoms with Gasteiger partial charge in [-0.15, -0.1) is 23.2 Å². The number of rotatable bonds is 8. The summed E-state index contributed by atoms with van der Waals surface area (Å²) >= 11 is 29.3. The van der Waals surface area contributed by atoms with Gasteiger partial charge in [0, 0.05) is 65.0 Å². The zero-order chi connectivity index (χ0) is 40.3. The van der Waals surface area contributed by atoms with Crippen LogP contribution in [0.15, 0.2) is 114 Å². The fourth-order valence-electron chi connectivity index (χ4n) is 4.07. The summed E-state index contributed by atoms with van der Waals surface area (Å²) in [5, 5.41) is 9.21. The SMILES string of the molecule is Brc1ccc(I)nc1.Brc1ccc([C@@H]2CO2)nc1.CCOC(=O)[C@H]1C[C@@H]1c1ccc(Br)cn1.O=C(CCl)c1ccc(Br)cn1.O[C@@H](CCl)c1ccc(Br)cn1. The van der Waals surface area contributed by atoms with E-state index in [-0.39, 0.29) is 41.5 Å². The van der Waals surface area contributed by atoms with Crippen LogP contribution in [0.3, 0.4) is 0 Å². The third kappa shape index (κ3) is 18.8. The Kier molecular flexibility index (Phi) is 22.5. The van der Waals surface area contributed by atoms with Crippen LogP contribution < -0.4 is 0 Å². The first-order valence-electron chi connectivity index (χ1n) is 16.2. The van der Waals surface area contributed by atoms with Crippen molar-refractivity contribution in [2.24, 2.45) is 5.92 Å². The summed E-state index contributed by atoms with van der Waals surface area (Å²) in [6.07, 6.45) is 9.00. The summed E-state index contributed by atoms with van der Waals surface area (Å²) in [5.41, 5.74) is 3.02. The van der Waals surface area contributed by atoms with Crippen molar-refractivity contribution in [3.05, 3.63) is 140 Å². The van der Waals surface area contributed by atoms with Crippen molar-refractivity contribution in [3.63, 3.8) is 0 Å². The predicted octanol–water partition coefficient (Wildman–Crippen LogP) is 11.3. The van der Waals surface area contributed by atoms with Gasteiger partial charge in [0.25, 0.3) is 0 Å². The van der Waals surface area contributed by atoms with Crippen LogP contribution in [0.5, 0.6) is 0 Å². The number of hydrogen-bond acceptors (Lipinski definition) is 10. The van der Waals surface area contributed by atoms with Gasteiger partial charge in [0.1, 0.15) is 21.6 Å². The Balaban J connectivity index is 0.000000187. The normalized spacial score (nSPS) is 16.4. The number of alkyl halides is 2. The van der Waals surface area contributed by atoms with Gasteiger partial charge >= 0.3 is 5.97 Å². The van der Waals surface area contributed by atoms with Gasteiger partial charge in [-0.25, -0.2) is 4.98 Å². The topological polar surface area (TPSA) is 141 Å². The lowest BCUT2D eigenvalue weighted by Crippen LogP contribution is -2.07. The number of ether oxygens (including phenoxy) is 2. The Morgan fingerprint density at radius 1 is 0.782 bits per heavy atom. The van der Waals surface area contributed by atoms with Crippen molar-refractivity contribution in [2.75, 3.05) is 25.0 Å². The quantitative estimate of drug-likeness (QED) is 0.0399. The number of esters is 1. The summed E-state index contributed by atoms with van der Waals surface area (Å²) in [6, 6.07) is 18.7. The largest absolute Gasteiger partial charge is 0.466 e. The highest BCUT2D eigenvalue weighted by atomic mass is 127. The highest BCUT2D eigenvalue weighted by Gasteiger charge is 2.46. The van der Waals surface area contributed by atoms with E-state index in [4.69, 9.17) is 32.7 Å². The van der Waals surface area contributed by atoms with Crippen LogP contribution in [0.2, 0.25) is 0 Å². The van der Waals surface area contributed by atoms with Gasteiger partial charge < -0.3 is 14.6 Å². The molecule has 2 aliphatic rings. The molecule has 0 amide bonds. The standard InChI is InChI=1S/C11H12BrNO2.C7H7BrClNO.C7H5BrClNO.C7H6BrNO.C5H3BrIN/c1-2-15-11(14)9-5-8(9)10-4-3-7(12)6-13-10;2*8-5-1-2-6(10-4-5)7(11)3-9;8-5-1-2-6(9-3-5)7-4-10-7;6-4-1-2-5(7)8-3-4/h3-4,6,8-9H,2,5H2,1H3;1-2,4,7,11H,3H2;1-2,4H,3H2;1-3,7H,4H2;1-3H/t8-,9-;7-;;7-;/m00.0./s1. The second-order valence-corrected chi connectivity index (χ2v) is 17.4. The number of hydrogen-bond donors (Lipinski definition) is 1. The van der Waals surface area contributed by atoms with Crippen molar-refractivity contribution in [3.8, 4) is 0 Å². The van der Waals surface area contributed by atoms with Crippen molar-refractivity contribution >= 4 is 137 Å². The highest BCUT2D eigenvalue weighted by Crippen LogP contribution is 2.47. The predicted molar refractivity (Wildman–Crippen MR) is 239 cm³/mol. The van der Waals surface area contributed by atoms with Crippen LogP contribution >= 0.6 is 125 Å². The zero-order valence-electron chi connectivity index (χ0n) is 28.8. The van der Waals surface area contributed by atoms with E-state index in [0.717, 1.165) is 50.5 Å². The Labute approximate surface area is 385 Å². The van der Waals surface area contributed by atoms with E-state index >= 15 is 0 Å². The van der Waals surface area contributed by atoms with Gasteiger partial charge in [-0.1, -0.05) is 0 Å². The number of carbonyl (C=O) groups excluding carboxylic acids is 2. The first kappa shape index (κ1) is 47.9. The fourth-order valence-corrected chi connectivity index (χ4v) is 5.85. The molecule has 1 aliphatic heterocycles. The summed E-state index contributed by atoms with van der Waals surface area (Å²) in [5.74, 6) is 0.200. The number of ketones is 1. The molecular formula is C37H33Br5Cl2IN5O5. The van der Waals surface area contributed by atoms with Gasteiger partial charge in [-0.05, 0) is 176 Å². The van der Waals surface area contributed by atoms with E-state index in [2.05, 4.69) is 127 Å². The van der Waals surface area contributed by atoms with Gasteiger partial charge in [-0.2, -0.15) is 0 Å². The molecule has 4 atom stereocenters. The molecule has 1 saturated heterocycles. The van der Waals surface area contributed by atoms with Crippen LogP contribution in [-0.2, 0) is 14.3 Å². The molecule has 0 spiro atoms. The molecule has 55 heavy (non-hydrogen) atoms. The van der Waals surface area contributed by atoms with Crippen molar-refractivity contribution in [1.82, 2.24) is 24.9 Å². The number of aliphatic hydroxyl groups is 1. The summed E-state index contributed by atoms with van der Waals surface area (Å²) < 4.78 is 15.8. The molecule has 5 aromatic rings. The van der Waals surface area contributed by atoms with Crippen LogP contribution in [0.4, 0.5) is 0 Å². The number of epoxide rings is 1. The molecule has 7 rings (SSSR count). The molecule has 5 aromatic heterocycles. The van der Waals surface area contributed by atoms with Crippen molar-refractivity contribution in [2.45, 2.75) is 31.5 Å². The third-order valence-corrected chi connectivity index (χ3v) is 10.5. The number of halogens is 8. The summed E-state index contributed by atoms with van der Waals surface area (Å²) in [6.45, 7) is 3.11. The highest BCUT2D eigenvalue weighted by molar-refractivity contribution is 14.1. The van der Waals surface area contributed by atoms with Crippen LogP contribution in [0.1, 0.15) is 59.0 Å². The molecule has 6 heterocycles. The first-order chi connectivity index (χ1) is 26.3. The second-order valence-electron chi connectivity index (χ2n) is 11.1. The number of aliphatic hydroxyl groups excluding tert-OH is 1. The summed E-state index contributed by atoms with van der Waals surface area (Å²) in [4.78, 5) is 42.6. The maximum atomic E-state index is 11.4. The maximum Gasteiger partial charge on any atom is 0.309 e. The Bertz CT molecular complexity index is 1880. The van der Waals surface area contributed by atoms with Crippen LogP contribution in [0, 0.1) is 9.62 Å². The molecule has 1 N–H and O–H groups in total. The lowest BCUT2D eigenvalue weighted by molar-refractivity contribution is -0.144. The third-order valence-electron chi connectivity index (χ3n) is 6.99. The van der Waals surface area contributed by atoms with Crippen LogP contribution in [0.25, 0.3) is 0 Å². The Morgan fingerprint density at radius 2 is 1.29 bits per heavy atom. The summed E-state index contributed by atoms with van der Waals surface area (Å²) in [7, 11) is 0. The second kappa shape index (κ2) is 25.8. The van der Waals surface area contributed by atoms with Crippen molar-refractivity contribution < 1.29 is 24.2 Å². The number of pyridine rings is 5. The van der Waals surface area contributed by atoms with E-state index in [0.29, 0.717) is 18.0 Å². The van der Waals surface area contributed by atoms with Gasteiger partial charge in [-0.3, -0.25) is 29.5 Å². The van der Waals surface area contributed by atoms with E-state index in [9.17, 15) is 14.7 Å². The minimum absolute atomic E-state index is 0.0192. The van der Waals surface area contributed by atoms with E-state index < -0.39 is 6.10 Å². The number of Topliss-reactive ketones (excluding diaryl/α,β-unsaturated/α-hetero) is 1. The Hall–Kier alpha value is -1.48. The van der Waals surface area contributed by atoms with Crippen LogP contribution in [-0.4, -0.2) is 66.8 Å². The Morgan fingerprint density at radius 3 is 1.69 bits per heavy atom. The average molecular weight is 1230 g/mol. The molecule has 1 saturated carbocycles. The van der Waals surface area contributed by atoms with Gasteiger partial charge in [0.05, 0.1) is 42.3 Å². The zero-order valence-corrected chi connectivity index (χ0v) is 40.4. The average Bonchev–Trinajstić information content (AvgIpc) is 4.14. The monoisotopic (exact) mass is 1220 g/mol. The van der Waals surface area contributed by atoms with E-state index in [1.165, 1.54) is 0 Å². The maximum absolute atomic E-state index is 11.4. The molecule has 0 aromatic carbocycles. The minimum atomic E-state index is -0.662.